The van der Waals surface area contributed by atoms with Gasteiger partial charge in [0.1, 0.15) is 5.82 Å². The van der Waals surface area contributed by atoms with Crippen LogP contribution < -0.4 is 10.2 Å². The van der Waals surface area contributed by atoms with Gasteiger partial charge in [-0.25, -0.2) is 9.37 Å². The molecule has 8 nitrogen and oxygen atoms in total. The minimum atomic E-state index is -0.488. The van der Waals surface area contributed by atoms with Crippen LogP contribution in [0.4, 0.5) is 15.8 Å². The molecule has 6 rings (SSSR count). The molecule has 0 saturated carbocycles. The molecule has 3 unspecified atom stereocenters. The molecule has 0 spiro atoms. The number of nitrogens with one attached hydrogen (secondary N) is 1. The molecule has 3 atom stereocenters. The maximum absolute atomic E-state index is 15.3. The number of pyridine rings is 2. The summed E-state index contributed by atoms with van der Waals surface area (Å²) < 4.78 is 28.8. The lowest BCUT2D eigenvalue weighted by molar-refractivity contribution is 0.0896. The number of methoxy groups -OCH3 is 1. The Balaban J connectivity index is 1.42. The summed E-state index contributed by atoms with van der Waals surface area (Å²) in [5, 5.41) is 2.80. The van der Waals surface area contributed by atoms with Crippen LogP contribution in [0.5, 0.6) is 0 Å². The number of anilines is 2. The predicted molar refractivity (Wildman–Crippen MR) is 170 cm³/mol. The third kappa shape index (κ3) is 5.68. The molecule has 4 aromatic rings. The maximum atomic E-state index is 15.3. The Hall–Kier alpha value is -2.96. The van der Waals surface area contributed by atoms with Gasteiger partial charge >= 0.3 is 0 Å². The van der Waals surface area contributed by atoms with Crippen molar-refractivity contribution in [3.63, 3.8) is 0 Å². The summed E-state index contributed by atoms with van der Waals surface area (Å²) in [5.41, 5.74) is 7.97. The van der Waals surface area contributed by atoms with Crippen molar-refractivity contribution < 1.29 is 18.7 Å². The summed E-state index contributed by atoms with van der Waals surface area (Å²) in [5.74, 6) is -0.886. The Labute approximate surface area is 249 Å². The largest absolute Gasteiger partial charge is 0.381 e. The number of nitrogens with zero attached hydrogens (tertiary/aromatic N) is 4. The Kier molecular flexibility index (Phi) is 8.05. The first-order chi connectivity index (χ1) is 20.1. The number of carbonyl (C=O) groups is 1. The molecule has 1 aromatic carbocycles. The Bertz CT molecular complexity index is 1660. The number of ether oxygens (including phenoxy) is 2. The van der Waals surface area contributed by atoms with Gasteiger partial charge in [-0.05, 0) is 68.1 Å². The zero-order valence-corrected chi connectivity index (χ0v) is 26.4. The first-order valence-electron chi connectivity index (χ1n) is 14.2. The van der Waals surface area contributed by atoms with Crippen LogP contribution in [-0.2, 0) is 27.2 Å². The van der Waals surface area contributed by atoms with E-state index in [0.29, 0.717) is 18.8 Å². The fourth-order valence-corrected chi connectivity index (χ4v) is 6.09. The number of rotatable bonds is 6. The molecule has 1 aliphatic carbocycles. The molecule has 1 N–H and O–H groups in total. The molecule has 1 saturated heterocycles. The lowest BCUT2D eigenvalue weighted by atomic mass is 9.97. The predicted octanol–water partition coefficient (Wildman–Crippen LogP) is 5.36. The Morgan fingerprint density at radius 2 is 2.00 bits per heavy atom. The van der Waals surface area contributed by atoms with Crippen LogP contribution in [0.1, 0.15) is 46.3 Å². The molecular formula is C31H36FN5O3P2. The minimum absolute atomic E-state index is 0.124. The van der Waals surface area contributed by atoms with E-state index in [1.807, 2.05) is 13.8 Å². The molecule has 4 heterocycles. The number of hydrogen-bond acceptors (Lipinski definition) is 6. The van der Waals surface area contributed by atoms with Gasteiger partial charge in [0.25, 0.3) is 5.91 Å². The van der Waals surface area contributed by atoms with Crippen LogP contribution in [0.15, 0.2) is 42.7 Å². The van der Waals surface area contributed by atoms with E-state index in [-0.39, 0.29) is 16.7 Å². The molecule has 11 heteroatoms. The molecule has 1 aliphatic heterocycles. The lowest BCUT2D eigenvalue weighted by Gasteiger charge is -2.29. The van der Waals surface area contributed by atoms with Crippen molar-refractivity contribution in [2.75, 3.05) is 43.6 Å². The van der Waals surface area contributed by atoms with Gasteiger partial charge in [-0.2, -0.15) is 0 Å². The van der Waals surface area contributed by atoms with Crippen LogP contribution in [0, 0.1) is 12.7 Å². The third-order valence-corrected chi connectivity index (χ3v) is 8.73. The third-order valence-electron chi connectivity index (χ3n) is 8.14. The maximum Gasteiger partial charge on any atom is 0.255 e. The number of imidazole rings is 1. The van der Waals surface area contributed by atoms with Gasteiger partial charge in [0.05, 0.1) is 42.1 Å². The van der Waals surface area contributed by atoms with Crippen LogP contribution in [0.25, 0.3) is 16.8 Å². The fourth-order valence-electron chi connectivity index (χ4n) is 5.78. The molecule has 1 amide bonds. The van der Waals surface area contributed by atoms with Crippen molar-refractivity contribution in [2.45, 2.75) is 44.1 Å². The fraction of sp³-hybridized carbons (Fsp3) is 0.387. The normalized spacial score (nSPS) is 17.4. The second-order valence-electron chi connectivity index (χ2n) is 11.3. The number of carbonyl (C=O) groups excluding carboxylic acids is 1. The van der Waals surface area contributed by atoms with Crippen molar-refractivity contribution >= 4 is 41.4 Å². The van der Waals surface area contributed by atoms with E-state index in [2.05, 4.69) is 50.3 Å². The number of benzene rings is 1. The average molecular weight is 608 g/mol. The number of fused-ring (bicyclic) bond motifs is 3. The van der Waals surface area contributed by atoms with E-state index in [4.69, 9.17) is 14.5 Å². The SMILES string of the molecule is COC1CCc2nc3c(N4CCOCC4)cc(-c4cc(NC(=O)c5ccnc(C(C)(P)P)c5)c(F)cc4C)cn3c2C1. The molecule has 0 bridgehead atoms. The lowest BCUT2D eigenvalue weighted by Crippen LogP contribution is -2.36. The van der Waals surface area contributed by atoms with Gasteiger partial charge in [0.2, 0.25) is 0 Å². The highest BCUT2D eigenvalue weighted by molar-refractivity contribution is 7.38. The van der Waals surface area contributed by atoms with Gasteiger partial charge in [-0.1, -0.05) is 0 Å². The summed E-state index contributed by atoms with van der Waals surface area (Å²) in [6.45, 7) is 6.68. The monoisotopic (exact) mass is 607 g/mol. The van der Waals surface area contributed by atoms with Gasteiger partial charge < -0.3 is 24.1 Å². The van der Waals surface area contributed by atoms with Gasteiger partial charge in [0, 0.05) is 60.7 Å². The van der Waals surface area contributed by atoms with Gasteiger partial charge in [-0.3, -0.25) is 9.78 Å². The second-order valence-corrected chi connectivity index (χ2v) is 14.4. The molecular weight excluding hydrogens is 571 g/mol. The van der Waals surface area contributed by atoms with E-state index in [9.17, 15) is 4.79 Å². The first-order valence-corrected chi connectivity index (χ1v) is 15.3. The number of hydrogen-bond donors (Lipinski definition) is 1. The molecule has 3 aromatic heterocycles. The highest BCUT2D eigenvalue weighted by Gasteiger charge is 2.27. The average Bonchev–Trinajstić information content (AvgIpc) is 3.36. The zero-order valence-electron chi connectivity index (χ0n) is 24.1. The van der Waals surface area contributed by atoms with Gasteiger partial charge in [0.15, 0.2) is 5.65 Å². The number of halogens is 1. The van der Waals surface area contributed by atoms with Crippen molar-refractivity contribution in [3.05, 3.63) is 76.8 Å². The highest BCUT2D eigenvalue weighted by Crippen LogP contribution is 2.38. The second kappa shape index (κ2) is 11.6. The van der Waals surface area contributed by atoms with Crippen LogP contribution in [-0.4, -0.2) is 59.8 Å². The van der Waals surface area contributed by atoms with Crippen LogP contribution in [0.2, 0.25) is 0 Å². The number of aryl methyl sites for hydroxylation is 2. The quantitative estimate of drug-likeness (QED) is 0.298. The van der Waals surface area contributed by atoms with E-state index in [0.717, 1.165) is 77.5 Å². The summed E-state index contributed by atoms with van der Waals surface area (Å²) >= 11 is 0. The van der Waals surface area contributed by atoms with E-state index in [1.54, 1.807) is 31.5 Å². The summed E-state index contributed by atoms with van der Waals surface area (Å²) in [7, 11) is 7.14. The van der Waals surface area contributed by atoms with E-state index >= 15 is 4.39 Å². The summed E-state index contributed by atoms with van der Waals surface area (Å²) in [4.78, 5) is 24.6. The minimum Gasteiger partial charge on any atom is -0.381 e. The van der Waals surface area contributed by atoms with E-state index < -0.39 is 11.7 Å². The molecule has 2 aliphatic rings. The van der Waals surface area contributed by atoms with Crippen LogP contribution >= 0.6 is 18.5 Å². The van der Waals surface area contributed by atoms with Crippen LogP contribution in [0.3, 0.4) is 0 Å². The standard InChI is InChI=1S/C31H36FN5O3P2/c1-18-12-23(32)25(35-30(38)19-6-7-33-28(14-19)31(2,41)42)16-22(18)20-13-27(36-8-10-40-11-9-36)29-34-24-5-4-21(39-3)15-26(24)37(29)17-20/h6-7,12-14,16-17,21H,4-5,8-11,15,41-42H2,1-3H3,(H,35,38). The Morgan fingerprint density at radius 1 is 1.21 bits per heavy atom. The first kappa shape index (κ1) is 29.1. The molecule has 0 radical (unpaired) electrons. The summed E-state index contributed by atoms with van der Waals surface area (Å²) in [6.07, 6.45) is 6.41. The number of morpholine rings is 1. The zero-order chi connectivity index (χ0) is 29.6. The molecule has 1 fully saturated rings. The highest BCUT2D eigenvalue weighted by atomic mass is 31.1. The Morgan fingerprint density at radius 3 is 2.74 bits per heavy atom. The number of aromatic nitrogens is 3. The topological polar surface area (TPSA) is 81.0 Å². The molecule has 42 heavy (non-hydrogen) atoms. The van der Waals surface area contributed by atoms with Crippen molar-refractivity contribution in [1.82, 2.24) is 14.4 Å². The summed E-state index contributed by atoms with van der Waals surface area (Å²) in [6, 6.07) is 8.69. The number of amides is 1. The van der Waals surface area contributed by atoms with Gasteiger partial charge in [-0.15, -0.1) is 18.5 Å². The smallest absolute Gasteiger partial charge is 0.255 e. The van der Waals surface area contributed by atoms with Crippen molar-refractivity contribution in [3.8, 4) is 11.1 Å². The molecule has 220 valence electrons. The van der Waals surface area contributed by atoms with Crippen molar-refractivity contribution in [2.24, 2.45) is 0 Å². The van der Waals surface area contributed by atoms with Crippen molar-refractivity contribution in [1.29, 1.82) is 0 Å². The van der Waals surface area contributed by atoms with E-state index in [1.165, 1.54) is 6.07 Å².